The number of hydrogen-bond donors (Lipinski definition) is 1. The summed E-state index contributed by atoms with van der Waals surface area (Å²) >= 11 is 0. The molecule has 0 spiro atoms. The summed E-state index contributed by atoms with van der Waals surface area (Å²) in [6.45, 7) is 6.78. The van der Waals surface area contributed by atoms with Crippen molar-refractivity contribution in [1.82, 2.24) is 20.1 Å². The first-order chi connectivity index (χ1) is 12.1. The smallest absolute Gasteiger partial charge is 0.251 e. The van der Waals surface area contributed by atoms with Gasteiger partial charge in [0.15, 0.2) is 5.82 Å². The number of rotatable bonds is 5. The van der Waals surface area contributed by atoms with Crippen LogP contribution >= 0.6 is 0 Å². The van der Waals surface area contributed by atoms with Gasteiger partial charge in [0, 0.05) is 12.1 Å². The van der Waals surface area contributed by atoms with E-state index >= 15 is 0 Å². The molecule has 1 N–H and O–H groups in total. The fourth-order valence-electron chi connectivity index (χ4n) is 2.91. The molecule has 1 unspecified atom stereocenters. The van der Waals surface area contributed by atoms with Gasteiger partial charge in [-0.15, -0.1) is 10.2 Å². The van der Waals surface area contributed by atoms with Crippen molar-refractivity contribution in [3.05, 3.63) is 71.8 Å². The molecule has 1 aromatic heterocycles. The highest BCUT2D eigenvalue weighted by Crippen LogP contribution is 2.24. The van der Waals surface area contributed by atoms with Crippen LogP contribution in [-0.4, -0.2) is 20.7 Å². The molecule has 0 radical (unpaired) electrons. The van der Waals surface area contributed by atoms with E-state index in [1.54, 1.807) is 6.33 Å². The zero-order valence-corrected chi connectivity index (χ0v) is 14.7. The van der Waals surface area contributed by atoms with Gasteiger partial charge in [0.25, 0.3) is 5.91 Å². The molecule has 0 aliphatic heterocycles. The number of amides is 1. The van der Waals surface area contributed by atoms with Crippen molar-refractivity contribution < 1.29 is 4.79 Å². The standard InChI is InChI=1S/C20H22N4O/c1-4-24-13-21-23-19(24)15(3)22-20(25)17-10-7-9-16(12-17)18-11-6-5-8-14(18)2/h5-13,15H,4H2,1-3H3,(H,22,25). The minimum Gasteiger partial charge on any atom is -0.342 e. The summed E-state index contributed by atoms with van der Waals surface area (Å²) in [5.74, 6) is 0.638. The van der Waals surface area contributed by atoms with Gasteiger partial charge in [-0.25, -0.2) is 0 Å². The Bertz CT molecular complexity index is 885. The zero-order valence-electron chi connectivity index (χ0n) is 14.7. The van der Waals surface area contributed by atoms with E-state index in [9.17, 15) is 4.79 Å². The van der Waals surface area contributed by atoms with Gasteiger partial charge in [0.05, 0.1) is 6.04 Å². The molecule has 1 heterocycles. The minimum atomic E-state index is -0.211. The van der Waals surface area contributed by atoms with Gasteiger partial charge < -0.3 is 9.88 Å². The predicted octanol–water partition coefficient (Wildman–Crippen LogP) is 3.76. The van der Waals surface area contributed by atoms with Crippen molar-refractivity contribution in [2.45, 2.75) is 33.4 Å². The lowest BCUT2D eigenvalue weighted by Crippen LogP contribution is -2.28. The second-order valence-corrected chi connectivity index (χ2v) is 6.07. The molecule has 128 valence electrons. The van der Waals surface area contributed by atoms with Gasteiger partial charge in [0.1, 0.15) is 6.33 Å². The molecule has 3 rings (SSSR count). The molecule has 25 heavy (non-hydrogen) atoms. The van der Waals surface area contributed by atoms with Gasteiger partial charge in [-0.05, 0) is 49.6 Å². The minimum absolute atomic E-state index is 0.117. The van der Waals surface area contributed by atoms with Crippen molar-refractivity contribution in [1.29, 1.82) is 0 Å². The fourth-order valence-corrected chi connectivity index (χ4v) is 2.91. The van der Waals surface area contributed by atoms with E-state index in [0.717, 1.165) is 23.5 Å². The third kappa shape index (κ3) is 3.60. The molecule has 5 nitrogen and oxygen atoms in total. The molecule has 0 saturated heterocycles. The van der Waals surface area contributed by atoms with E-state index in [-0.39, 0.29) is 11.9 Å². The third-order valence-electron chi connectivity index (χ3n) is 4.30. The lowest BCUT2D eigenvalue weighted by molar-refractivity contribution is 0.0937. The average Bonchev–Trinajstić information content (AvgIpc) is 3.11. The van der Waals surface area contributed by atoms with E-state index in [1.165, 1.54) is 5.56 Å². The summed E-state index contributed by atoms with van der Waals surface area (Å²) in [5.41, 5.74) is 3.99. The molecule has 1 amide bonds. The molecule has 0 aliphatic carbocycles. The highest BCUT2D eigenvalue weighted by Gasteiger charge is 2.16. The monoisotopic (exact) mass is 334 g/mol. The molecule has 0 saturated carbocycles. The molecule has 3 aromatic rings. The molecule has 0 fully saturated rings. The topological polar surface area (TPSA) is 59.8 Å². The number of aryl methyl sites for hydroxylation is 2. The highest BCUT2D eigenvalue weighted by atomic mass is 16.1. The number of nitrogens with one attached hydrogen (secondary N) is 1. The van der Waals surface area contributed by atoms with Crippen molar-refractivity contribution in [2.24, 2.45) is 0 Å². The van der Waals surface area contributed by atoms with Crippen LogP contribution in [0.3, 0.4) is 0 Å². The van der Waals surface area contributed by atoms with Crippen molar-refractivity contribution in [3.63, 3.8) is 0 Å². The summed E-state index contributed by atoms with van der Waals surface area (Å²) in [4.78, 5) is 12.6. The lowest BCUT2D eigenvalue weighted by Gasteiger charge is -2.14. The maximum Gasteiger partial charge on any atom is 0.251 e. The van der Waals surface area contributed by atoms with E-state index in [2.05, 4.69) is 34.6 Å². The molecule has 0 aliphatic rings. The Morgan fingerprint density at radius 2 is 2.00 bits per heavy atom. The van der Waals surface area contributed by atoms with Crippen LogP contribution in [0, 0.1) is 6.92 Å². The second kappa shape index (κ2) is 7.30. The van der Waals surface area contributed by atoms with Gasteiger partial charge in [-0.2, -0.15) is 0 Å². The summed E-state index contributed by atoms with van der Waals surface area (Å²) in [6, 6.07) is 15.6. The molecule has 1 atom stereocenters. The third-order valence-corrected chi connectivity index (χ3v) is 4.30. The van der Waals surface area contributed by atoms with Crippen LogP contribution in [-0.2, 0) is 6.54 Å². The van der Waals surface area contributed by atoms with E-state index < -0.39 is 0 Å². The zero-order chi connectivity index (χ0) is 17.8. The van der Waals surface area contributed by atoms with Crippen LogP contribution in [0.5, 0.6) is 0 Å². The molecule has 0 bridgehead atoms. The Kier molecular flexibility index (Phi) is 4.93. The highest BCUT2D eigenvalue weighted by molar-refractivity contribution is 5.95. The van der Waals surface area contributed by atoms with Gasteiger partial charge in [-0.1, -0.05) is 36.4 Å². The second-order valence-electron chi connectivity index (χ2n) is 6.07. The van der Waals surface area contributed by atoms with Crippen LogP contribution in [0.15, 0.2) is 54.9 Å². The number of hydrogen-bond acceptors (Lipinski definition) is 3. The van der Waals surface area contributed by atoms with Crippen molar-refractivity contribution in [3.8, 4) is 11.1 Å². The summed E-state index contributed by atoms with van der Waals surface area (Å²) in [5, 5.41) is 11.0. The van der Waals surface area contributed by atoms with Crippen LogP contribution in [0.2, 0.25) is 0 Å². The van der Waals surface area contributed by atoms with E-state index in [1.807, 2.05) is 54.8 Å². The molecule has 2 aromatic carbocycles. The van der Waals surface area contributed by atoms with Crippen molar-refractivity contribution in [2.75, 3.05) is 0 Å². The van der Waals surface area contributed by atoms with Gasteiger partial charge >= 0.3 is 0 Å². The Morgan fingerprint density at radius 3 is 2.76 bits per heavy atom. The average molecular weight is 334 g/mol. The van der Waals surface area contributed by atoms with Crippen LogP contribution in [0.4, 0.5) is 0 Å². The molecular formula is C20H22N4O. The quantitative estimate of drug-likeness (QED) is 0.773. The molecule has 5 heteroatoms. The number of benzene rings is 2. The number of carbonyl (C=O) groups is 1. The first-order valence-electron chi connectivity index (χ1n) is 8.44. The Balaban J connectivity index is 1.81. The normalized spacial score (nSPS) is 12.0. The van der Waals surface area contributed by atoms with Gasteiger partial charge in [0.2, 0.25) is 0 Å². The Hall–Kier alpha value is -2.95. The maximum absolute atomic E-state index is 12.6. The first-order valence-corrected chi connectivity index (χ1v) is 8.44. The summed E-state index contributed by atoms with van der Waals surface area (Å²) in [6.07, 6.45) is 1.68. The SMILES string of the molecule is CCn1cnnc1C(C)NC(=O)c1cccc(-c2ccccc2C)c1. The summed E-state index contributed by atoms with van der Waals surface area (Å²) < 4.78 is 1.93. The van der Waals surface area contributed by atoms with Crippen LogP contribution in [0.1, 0.15) is 41.6 Å². The molecular weight excluding hydrogens is 312 g/mol. The van der Waals surface area contributed by atoms with Crippen molar-refractivity contribution >= 4 is 5.91 Å². The summed E-state index contributed by atoms with van der Waals surface area (Å²) in [7, 11) is 0. The van der Waals surface area contributed by atoms with Crippen LogP contribution in [0.25, 0.3) is 11.1 Å². The Morgan fingerprint density at radius 1 is 1.20 bits per heavy atom. The number of nitrogens with zero attached hydrogens (tertiary/aromatic N) is 3. The number of carbonyl (C=O) groups excluding carboxylic acids is 1. The predicted molar refractivity (Wildman–Crippen MR) is 98.2 cm³/mol. The lowest BCUT2D eigenvalue weighted by atomic mass is 9.99. The first kappa shape index (κ1) is 16.9. The number of aromatic nitrogens is 3. The van der Waals surface area contributed by atoms with Crippen LogP contribution < -0.4 is 5.32 Å². The Labute approximate surface area is 147 Å². The van der Waals surface area contributed by atoms with E-state index in [0.29, 0.717) is 5.56 Å². The fraction of sp³-hybridized carbons (Fsp3) is 0.250. The van der Waals surface area contributed by atoms with Gasteiger partial charge in [-0.3, -0.25) is 4.79 Å². The maximum atomic E-state index is 12.6. The van der Waals surface area contributed by atoms with E-state index in [4.69, 9.17) is 0 Å². The largest absolute Gasteiger partial charge is 0.342 e.